The summed E-state index contributed by atoms with van der Waals surface area (Å²) in [5.74, 6) is -4.55. The van der Waals surface area contributed by atoms with E-state index in [1.54, 1.807) is 73.7 Å². The quantitative estimate of drug-likeness (QED) is 0.0292. The molecule has 4 amide bonds. The first-order valence-electron chi connectivity index (χ1n) is 25.3. The average molecular weight is 1110 g/mol. The molecule has 2 aliphatic rings. The SMILES string of the molecule is CNCCC(=O)Nc1cc(COC(=O)N(C)Cc2cnc3ccc(-c4ccc(F)c(F)c4OCCc4c(C(C)(C)O)nn(C)c4C)cn23)ccc1OC1CC(O)CC(C(=O)O)O1.O=CCCOCCOCCN1C(=O)C=CC1=O. The number of aliphatic hydroxyl groups is 2. The Morgan fingerprint density at radius 1 is 1.00 bits per heavy atom. The van der Waals surface area contributed by atoms with Gasteiger partial charge in [-0.25, -0.2) is 19.0 Å². The average Bonchev–Trinajstić information content (AvgIpc) is 4.08. The van der Waals surface area contributed by atoms with Crippen LogP contribution >= 0.6 is 0 Å². The second kappa shape index (κ2) is 28.3. The number of aldehydes is 1. The van der Waals surface area contributed by atoms with E-state index in [2.05, 4.69) is 20.7 Å². The minimum atomic E-state index is -1.27. The smallest absolute Gasteiger partial charge is 0.410 e. The van der Waals surface area contributed by atoms with Crippen molar-refractivity contribution >= 4 is 47.4 Å². The normalized spacial score (nSPS) is 16.2. The molecule has 5 aromatic rings. The fraction of sp³-hybridized carbons (Fsp3) is 0.444. The number of ether oxygens (including phenoxy) is 6. The van der Waals surface area contributed by atoms with Gasteiger partial charge in [0.1, 0.15) is 29.9 Å². The molecule has 3 unspecified atom stereocenters. The van der Waals surface area contributed by atoms with Gasteiger partial charge in [0.05, 0.1) is 75.5 Å². The number of carboxylic acid groups (broad SMARTS) is 1. The van der Waals surface area contributed by atoms with Crippen molar-refractivity contribution in [3.63, 3.8) is 0 Å². The van der Waals surface area contributed by atoms with Crippen LogP contribution in [0.2, 0.25) is 0 Å². The number of fused-ring (bicyclic) bond motifs is 1. The lowest BCUT2D eigenvalue weighted by Gasteiger charge is -2.31. The molecule has 5 heterocycles. The third-order valence-electron chi connectivity index (χ3n) is 12.5. The zero-order valence-corrected chi connectivity index (χ0v) is 44.7. The number of carbonyl (C=O) groups excluding carboxylic acids is 5. The number of carboxylic acids is 1. The Balaban J connectivity index is 0.000000506. The number of hydrogen-bond donors (Lipinski definition) is 5. The standard InChI is InChI=1S/C43H51F2N7O10.C11H15NO5/c1-24-29(40(43(2,3)58)49-51(24)6)14-16-59-39-30(9-10-31(44)38(39)45)26-8-12-35-47-20-27(52(35)21-26)22-50(5)42(57)60-23-25-7-11-33(32(17-25)48-36(54)13-15-46-4)61-37-19-28(53)18-34(62-37)41(55)56;13-5-1-6-16-8-9-17-7-4-12-10(14)2-3-11(12)15/h7-12,17,20-21,28,34,37,46,53,58H,13-16,18-19,22-23H2,1-6H3,(H,48,54)(H,55,56);2-3,5H,1,4,6-9H2. The summed E-state index contributed by atoms with van der Waals surface area (Å²) in [7, 11) is 5.00. The van der Waals surface area contributed by atoms with Crippen molar-refractivity contribution in [2.45, 2.75) is 90.1 Å². The van der Waals surface area contributed by atoms with Crippen LogP contribution in [-0.4, -0.2) is 159 Å². The van der Waals surface area contributed by atoms with E-state index in [1.165, 1.54) is 36.2 Å². The van der Waals surface area contributed by atoms with Crippen molar-refractivity contribution < 1.29 is 81.3 Å². The number of imidazole rings is 1. The Morgan fingerprint density at radius 2 is 1.73 bits per heavy atom. The summed E-state index contributed by atoms with van der Waals surface area (Å²) in [6.07, 6.45) is 3.22. The molecule has 7 rings (SSSR count). The molecule has 0 radical (unpaired) electrons. The molecule has 2 aromatic carbocycles. The van der Waals surface area contributed by atoms with Gasteiger partial charge in [-0.1, -0.05) is 6.07 Å². The molecule has 0 saturated carbocycles. The van der Waals surface area contributed by atoms with Gasteiger partial charge in [0.15, 0.2) is 17.7 Å². The summed E-state index contributed by atoms with van der Waals surface area (Å²) < 4.78 is 66.6. The predicted molar refractivity (Wildman–Crippen MR) is 279 cm³/mol. The maximum atomic E-state index is 15.4. The lowest BCUT2D eigenvalue weighted by molar-refractivity contribution is -0.195. The number of halogens is 2. The van der Waals surface area contributed by atoms with Gasteiger partial charge in [-0.15, -0.1) is 0 Å². The number of amides is 4. The maximum Gasteiger partial charge on any atom is 0.410 e. The molecule has 23 nitrogen and oxygen atoms in total. The van der Waals surface area contributed by atoms with Crippen LogP contribution in [0.1, 0.15) is 67.7 Å². The van der Waals surface area contributed by atoms with Crippen molar-refractivity contribution in [1.82, 2.24) is 34.3 Å². The zero-order valence-electron chi connectivity index (χ0n) is 44.7. The van der Waals surface area contributed by atoms with E-state index in [4.69, 9.17) is 28.4 Å². The Morgan fingerprint density at radius 3 is 2.43 bits per heavy atom. The number of aliphatic hydroxyl groups excluding tert-OH is 1. The van der Waals surface area contributed by atoms with E-state index in [0.29, 0.717) is 60.9 Å². The molecule has 0 bridgehead atoms. The summed E-state index contributed by atoms with van der Waals surface area (Å²) in [5.41, 5.74) is 3.38. The van der Waals surface area contributed by atoms with Gasteiger partial charge in [-0.2, -0.15) is 9.49 Å². The molecule has 79 heavy (non-hydrogen) atoms. The van der Waals surface area contributed by atoms with Crippen LogP contribution in [-0.2, 0) is 75.1 Å². The van der Waals surface area contributed by atoms with E-state index in [-0.39, 0.29) is 99.1 Å². The van der Waals surface area contributed by atoms with Crippen molar-refractivity contribution in [3.8, 4) is 22.6 Å². The van der Waals surface area contributed by atoms with Crippen LogP contribution in [0.3, 0.4) is 0 Å². The van der Waals surface area contributed by atoms with Gasteiger partial charge in [-0.3, -0.25) is 24.0 Å². The lowest BCUT2D eigenvalue weighted by Crippen LogP contribution is -2.42. The van der Waals surface area contributed by atoms with Gasteiger partial charge in [-0.05, 0) is 69.8 Å². The fourth-order valence-corrected chi connectivity index (χ4v) is 8.28. The second-order valence-corrected chi connectivity index (χ2v) is 18.9. The number of pyridine rings is 1. The number of carbonyl (C=O) groups is 6. The van der Waals surface area contributed by atoms with Crippen LogP contribution in [0.15, 0.2) is 67.0 Å². The summed E-state index contributed by atoms with van der Waals surface area (Å²) in [5, 5.41) is 40.4. The fourth-order valence-electron chi connectivity index (χ4n) is 8.28. The molecule has 2 aliphatic heterocycles. The van der Waals surface area contributed by atoms with Crippen LogP contribution in [0.25, 0.3) is 16.8 Å². The molecular weight excluding hydrogens is 1040 g/mol. The van der Waals surface area contributed by atoms with Gasteiger partial charge in [0, 0.05) is 93.5 Å². The first-order chi connectivity index (χ1) is 37.7. The molecule has 0 spiro atoms. The Labute approximate surface area is 454 Å². The van der Waals surface area contributed by atoms with Gasteiger partial charge in [0.2, 0.25) is 18.0 Å². The van der Waals surface area contributed by atoms with Crippen molar-refractivity contribution in [1.29, 1.82) is 0 Å². The number of aliphatic carboxylic acids is 1. The molecule has 1 saturated heterocycles. The summed E-state index contributed by atoms with van der Waals surface area (Å²) in [6, 6.07) is 10.5. The van der Waals surface area contributed by atoms with Gasteiger partial charge in [0.25, 0.3) is 11.8 Å². The summed E-state index contributed by atoms with van der Waals surface area (Å²) in [6.45, 7) is 7.02. The topological polar surface area (TPSA) is 284 Å². The predicted octanol–water partition coefficient (Wildman–Crippen LogP) is 4.35. The van der Waals surface area contributed by atoms with E-state index < -0.39 is 47.8 Å². The molecule has 5 N–H and O–H groups in total. The molecule has 3 aromatic heterocycles. The van der Waals surface area contributed by atoms with E-state index in [9.17, 15) is 48.5 Å². The van der Waals surface area contributed by atoms with Crippen LogP contribution in [0.4, 0.5) is 19.3 Å². The number of hydrogen-bond acceptors (Lipinski definition) is 17. The van der Waals surface area contributed by atoms with E-state index >= 15 is 4.39 Å². The van der Waals surface area contributed by atoms with Crippen LogP contribution < -0.4 is 20.1 Å². The molecule has 1 fully saturated rings. The first kappa shape index (κ1) is 60.5. The van der Waals surface area contributed by atoms with Crippen molar-refractivity contribution in [2.75, 3.05) is 65.5 Å². The number of benzene rings is 2. The van der Waals surface area contributed by atoms with Crippen molar-refractivity contribution in [2.24, 2.45) is 7.05 Å². The number of imide groups is 1. The Bertz CT molecular complexity index is 2980. The Kier molecular flexibility index (Phi) is 21.7. The third-order valence-corrected chi connectivity index (χ3v) is 12.5. The number of nitrogens with zero attached hydrogens (tertiary/aromatic N) is 6. The molecular formula is C54H66F2N8O15. The third kappa shape index (κ3) is 16.7. The van der Waals surface area contributed by atoms with Crippen LogP contribution in [0, 0.1) is 18.6 Å². The van der Waals surface area contributed by atoms with Crippen LogP contribution in [0.5, 0.6) is 11.5 Å². The second-order valence-electron chi connectivity index (χ2n) is 18.9. The number of anilines is 1. The number of nitrogens with one attached hydrogen (secondary N) is 2. The molecule has 25 heteroatoms. The molecule has 426 valence electrons. The summed E-state index contributed by atoms with van der Waals surface area (Å²) >= 11 is 0. The highest BCUT2D eigenvalue weighted by atomic mass is 19.2. The van der Waals surface area contributed by atoms with E-state index in [0.717, 1.165) is 28.5 Å². The highest BCUT2D eigenvalue weighted by molar-refractivity contribution is 6.12. The first-order valence-corrected chi connectivity index (χ1v) is 25.3. The van der Waals surface area contributed by atoms with Gasteiger partial charge >= 0.3 is 12.1 Å². The highest BCUT2D eigenvalue weighted by Gasteiger charge is 2.35. The Hall–Kier alpha value is -7.68. The largest absolute Gasteiger partial charge is 0.489 e. The monoisotopic (exact) mass is 1100 g/mol. The lowest BCUT2D eigenvalue weighted by atomic mass is 9.98. The number of aromatic nitrogens is 4. The van der Waals surface area contributed by atoms with Gasteiger partial charge < -0.3 is 68.5 Å². The summed E-state index contributed by atoms with van der Waals surface area (Å²) in [4.78, 5) is 76.6. The molecule has 0 aliphatic carbocycles. The minimum absolute atomic E-state index is 0.00997. The maximum absolute atomic E-state index is 15.4. The molecule has 3 atom stereocenters. The van der Waals surface area contributed by atoms with Crippen molar-refractivity contribution in [3.05, 3.63) is 107 Å². The highest BCUT2D eigenvalue weighted by Crippen LogP contribution is 2.36. The number of rotatable bonds is 26. The number of aryl methyl sites for hydroxylation is 1. The van der Waals surface area contributed by atoms with E-state index in [1.807, 2.05) is 6.92 Å². The zero-order chi connectivity index (χ0) is 57.4. The minimum Gasteiger partial charge on any atom is -0.489 e.